The summed E-state index contributed by atoms with van der Waals surface area (Å²) in [6, 6.07) is 10.1. The predicted octanol–water partition coefficient (Wildman–Crippen LogP) is 2.37. The molecule has 1 aliphatic rings. The van der Waals surface area contributed by atoms with Gasteiger partial charge in [0.1, 0.15) is 17.5 Å². The van der Waals surface area contributed by atoms with E-state index in [1.54, 1.807) is 6.07 Å². The highest BCUT2D eigenvalue weighted by Gasteiger charge is 2.21. The number of hydrogen-bond acceptors (Lipinski definition) is 5. The summed E-state index contributed by atoms with van der Waals surface area (Å²) in [5.74, 6) is 2.02. The molecular formula is C14H13N5. The van der Waals surface area contributed by atoms with Crippen LogP contribution in [0, 0.1) is 18.4 Å². The van der Waals surface area contributed by atoms with Crippen LogP contribution < -0.4 is 10.2 Å². The van der Waals surface area contributed by atoms with Crippen molar-refractivity contribution in [2.75, 3.05) is 16.8 Å². The van der Waals surface area contributed by atoms with Crippen molar-refractivity contribution in [3.05, 3.63) is 41.7 Å². The second-order valence-electron chi connectivity index (χ2n) is 4.43. The number of aryl methyl sites for hydroxylation is 1. The third-order valence-corrected chi connectivity index (χ3v) is 3.17. The number of nitrogens with zero attached hydrogens (tertiary/aromatic N) is 4. The topological polar surface area (TPSA) is 64.8 Å². The Morgan fingerprint density at radius 1 is 1.32 bits per heavy atom. The van der Waals surface area contributed by atoms with Crippen molar-refractivity contribution < 1.29 is 0 Å². The van der Waals surface area contributed by atoms with Crippen LogP contribution in [0.2, 0.25) is 0 Å². The fourth-order valence-corrected chi connectivity index (χ4v) is 2.39. The fraction of sp³-hybridized carbons (Fsp3) is 0.214. The molecule has 0 radical (unpaired) electrons. The first-order valence-electron chi connectivity index (χ1n) is 6.14. The third kappa shape index (κ3) is 2.08. The number of anilines is 3. The van der Waals surface area contributed by atoms with Crippen LogP contribution in [0.15, 0.2) is 30.3 Å². The summed E-state index contributed by atoms with van der Waals surface area (Å²) in [6.07, 6.45) is 2.90. The van der Waals surface area contributed by atoms with Crippen molar-refractivity contribution in [2.24, 2.45) is 0 Å². The minimum atomic E-state index is 0.536. The molecule has 19 heavy (non-hydrogen) atoms. The van der Waals surface area contributed by atoms with E-state index in [0.717, 1.165) is 18.8 Å². The van der Waals surface area contributed by atoms with Gasteiger partial charge in [-0.05, 0) is 25.0 Å². The van der Waals surface area contributed by atoms with E-state index >= 15 is 0 Å². The summed E-state index contributed by atoms with van der Waals surface area (Å²) in [4.78, 5) is 10.8. The Morgan fingerprint density at radius 3 is 3.00 bits per heavy atom. The zero-order valence-corrected chi connectivity index (χ0v) is 10.6. The lowest BCUT2D eigenvalue weighted by Crippen LogP contribution is -2.16. The smallest absolute Gasteiger partial charge is 0.182 e. The van der Waals surface area contributed by atoms with E-state index in [0.29, 0.717) is 11.6 Å². The second-order valence-corrected chi connectivity index (χ2v) is 4.43. The molecule has 0 fully saturated rings. The zero-order valence-electron chi connectivity index (χ0n) is 10.6. The molecule has 0 bridgehead atoms. The third-order valence-electron chi connectivity index (χ3n) is 3.17. The Bertz CT molecular complexity index is 659. The van der Waals surface area contributed by atoms with E-state index in [2.05, 4.69) is 38.4 Å². The average molecular weight is 251 g/mol. The number of nitrogens with one attached hydrogen (secondary N) is 1. The van der Waals surface area contributed by atoms with Gasteiger partial charge in [0.15, 0.2) is 6.19 Å². The number of para-hydroxylation sites is 1. The van der Waals surface area contributed by atoms with Crippen molar-refractivity contribution in [3.63, 3.8) is 0 Å². The van der Waals surface area contributed by atoms with Gasteiger partial charge in [-0.15, -0.1) is 0 Å². The summed E-state index contributed by atoms with van der Waals surface area (Å²) in [6.45, 7) is 2.73. The first kappa shape index (κ1) is 11.5. The number of hydrogen-bond donors (Lipinski definition) is 1. The van der Waals surface area contributed by atoms with Crippen LogP contribution in [0.25, 0.3) is 0 Å². The van der Waals surface area contributed by atoms with Crippen LogP contribution in [0.3, 0.4) is 0 Å². The van der Waals surface area contributed by atoms with Crippen LogP contribution in [0.5, 0.6) is 0 Å². The number of fused-ring (bicyclic) bond motifs is 1. The maximum absolute atomic E-state index is 8.69. The molecule has 94 valence electrons. The molecule has 0 atom stereocenters. The van der Waals surface area contributed by atoms with E-state index in [9.17, 15) is 0 Å². The molecule has 0 saturated heterocycles. The fourth-order valence-electron chi connectivity index (χ4n) is 2.39. The van der Waals surface area contributed by atoms with Crippen molar-refractivity contribution in [3.8, 4) is 6.19 Å². The Kier molecular flexibility index (Phi) is 2.76. The molecule has 1 aromatic carbocycles. The van der Waals surface area contributed by atoms with Crippen molar-refractivity contribution >= 4 is 17.3 Å². The monoisotopic (exact) mass is 251 g/mol. The summed E-state index contributed by atoms with van der Waals surface area (Å²) in [5.41, 5.74) is 2.51. The molecule has 5 heteroatoms. The van der Waals surface area contributed by atoms with Crippen molar-refractivity contribution in [2.45, 2.75) is 13.3 Å². The van der Waals surface area contributed by atoms with Gasteiger partial charge >= 0.3 is 0 Å². The average Bonchev–Trinajstić information content (AvgIpc) is 2.82. The lowest BCUT2D eigenvalue weighted by Gasteiger charge is -2.19. The van der Waals surface area contributed by atoms with E-state index < -0.39 is 0 Å². The second kappa shape index (κ2) is 4.58. The molecule has 1 N–H and O–H groups in total. The van der Waals surface area contributed by atoms with Gasteiger partial charge in [0, 0.05) is 18.3 Å². The molecule has 0 spiro atoms. The number of nitriles is 1. The van der Waals surface area contributed by atoms with Gasteiger partial charge in [-0.25, -0.2) is 9.97 Å². The predicted molar refractivity (Wildman–Crippen MR) is 73.2 cm³/mol. The molecule has 0 aliphatic carbocycles. The highest BCUT2D eigenvalue weighted by atomic mass is 15.2. The molecule has 1 aliphatic heterocycles. The molecule has 3 rings (SSSR count). The van der Waals surface area contributed by atoms with Gasteiger partial charge in [-0.1, -0.05) is 18.2 Å². The van der Waals surface area contributed by atoms with Crippen LogP contribution in [-0.4, -0.2) is 16.5 Å². The molecule has 1 aromatic heterocycles. The molecule has 2 aromatic rings. The Balaban J connectivity index is 2.02. The first-order chi connectivity index (χ1) is 9.28. The first-order valence-corrected chi connectivity index (χ1v) is 6.14. The van der Waals surface area contributed by atoms with E-state index in [1.807, 2.05) is 19.2 Å². The Hall–Kier alpha value is -2.61. The number of aromatic nitrogens is 2. The minimum absolute atomic E-state index is 0.536. The maximum Gasteiger partial charge on any atom is 0.182 e. The lowest BCUT2D eigenvalue weighted by atomic mass is 10.2. The number of rotatable bonds is 2. The minimum Gasteiger partial charge on any atom is -0.326 e. The van der Waals surface area contributed by atoms with Crippen molar-refractivity contribution in [1.29, 1.82) is 5.26 Å². The van der Waals surface area contributed by atoms with E-state index in [1.165, 1.54) is 11.3 Å². The molecule has 0 unspecified atom stereocenters. The van der Waals surface area contributed by atoms with Crippen LogP contribution >= 0.6 is 0 Å². The molecule has 2 heterocycles. The van der Waals surface area contributed by atoms with E-state index in [-0.39, 0.29) is 0 Å². The van der Waals surface area contributed by atoms with Gasteiger partial charge in [-0.3, -0.25) is 5.32 Å². The van der Waals surface area contributed by atoms with Gasteiger partial charge in [0.25, 0.3) is 0 Å². The highest BCUT2D eigenvalue weighted by Crippen LogP contribution is 2.33. The van der Waals surface area contributed by atoms with Gasteiger partial charge in [-0.2, -0.15) is 5.26 Å². The highest BCUT2D eigenvalue weighted by molar-refractivity contribution is 5.69. The lowest BCUT2D eigenvalue weighted by molar-refractivity contribution is 0.947. The maximum atomic E-state index is 8.69. The quantitative estimate of drug-likeness (QED) is 0.655. The largest absolute Gasteiger partial charge is 0.326 e. The van der Waals surface area contributed by atoms with Crippen LogP contribution in [-0.2, 0) is 6.42 Å². The van der Waals surface area contributed by atoms with Crippen LogP contribution in [0.4, 0.5) is 17.3 Å². The molecule has 0 saturated carbocycles. The van der Waals surface area contributed by atoms with Gasteiger partial charge in [0.2, 0.25) is 0 Å². The van der Waals surface area contributed by atoms with E-state index in [4.69, 9.17) is 5.26 Å². The molecular weight excluding hydrogens is 238 g/mol. The Morgan fingerprint density at radius 2 is 2.16 bits per heavy atom. The Labute approximate surface area is 111 Å². The van der Waals surface area contributed by atoms with Crippen LogP contribution in [0.1, 0.15) is 11.4 Å². The SMILES string of the molecule is Cc1nc(NC#N)cc(N2CCc3ccccc32)n1. The summed E-state index contributed by atoms with van der Waals surface area (Å²) < 4.78 is 0. The summed E-state index contributed by atoms with van der Waals surface area (Å²) in [7, 11) is 0. The zero-order chi connectivity index (χ0) is 13.2. The van der Waals surface area contributed by atoms with Crippen molar-refractivity contribution in [1.82, 2.24) is 9.97 Å². The number of benzene rings is 1. The standard InChI is InChI=1S/C14H13N5/c1-10-17-13(16-9-15)8-14(18-10)19-7-6-11-4-2-3-5-12(11)19/h2-5,8H,6-7H2,1H3,(H,16,17,18). The van der Waals surface area contributed by atoms with Gasteiger partial charge in [0.05, 0.1) is 0 Å². The molecule has 5 nitrogen and oxygen atoms in total. The summed E-state index contributed by atoms with van der Waals surface area (Å²) in [5, 5.41) is 11.3. The normalized spacial score (nSPS) is 12.9. The molecule has 0 amide bonds. The van der Waals surface area contributed by atoms with Gasteiger partial charge < -0.3 is 4.90 Å². The summed E-state index contributed by atoms with van der Waals surface area (Å²) >= 11 is 0.